The topological polar surface area (TPSA) is 49.8 Å². The number of nitrogens with zero attached hydrogens (tertiary/aromatic N) is 1. The van der Waals surface area contributed by atoms with Crippen LogP contribution >= 0.6 is 0 Å². The van der Waals surface area contributed by atoms with Crippen LogP contribution in [0.4, 0.5) is 0 Å². The van der Waals surface area contributed by atoms with E-state index in [0.29, 0.717) is 0 Å². The molecule has 20 heavy (non-hydrogen) atoms. The van der Waals surface area contributed by atoms with Gasteiger partial charge in [-0.1, -0.05) is 26.0 Å². The fraction of sp³-hybridized carbons (Fsp3) is 0.562. The Bertz CT molecular complexity index is 427. The Labute approximate surface area is 121 Å². The molecule has 0 radical (unpaired) electrons. The Kier molecular flexibility index (Phi) is 6.52. The monoisotopic (exact) mass is 279 g/mol. The first kappa shape index (κ1) is 16.5. The summed E-state index contributed by atoms with van der Waals surface area (Å²) in [5, 5.41) is 9.14. The molecule has 0 saturated heterocycles. The highest BCUT2D eigenvalue weighted by atomic mass is 16.5. The molecule has 0 aromatic heterocycles. The molecular formula is C16H25NO3. The summed E-state index contributed by atoms with van der Waals surface area (Å²) in [6.45, 7) is 9.70. The molecule has 0 bridgehead atoms. The predicted octanol–water partition coefficient (Wildman–Crippen LogP) is 3.33. The standard InChI is InChI=1S/C16H25NO3/c1-5-17(6-2)15(11-16(18)19)13-8-7-9-14(10-13)20-12(3)4/h7-10,12,15H,5-6,11H2,1-4H3,(H,18,19). The van der Waals surface area contributed by atoms with Crippen molar-refractivity contribution in [2.45, 2.75) is 46.3 Å². The molecule has 1 atom stereocenters. The minimum absolute atomic E-state index is 0.104. The van der Waals surface area contributed by atoms with Crippen LogP contribution < -0.4 is 4.74 Å². The van der Waals surface area contributed by atoms with Gasteiger partial charge in [0.1, 0.15) is 5.75 Å². The van der Waals surface area contributed by atoms with Crippen LogP contribution in [0.25, 0.3) is 0 Å². The zero-order valence-electron chi connectivity index (χ0n) is 12.8. The van der Waals surface area contributed by atoms with Crippen molar-refractivity contribution in [3.63, 3.8) is 0 Å². The number of aliphatic carboxylic acids is 1. The highest BCUT2D eigenvalue weighted by molar-refractivity contribution is 5.68. The maximum absolute atomic E-state index is 11.1. The Morgan fingerprint density at radius 3 is 2.45 bits per heavy atom. The Morgan fingerprint density at radius 2 is 1.95 bits per heavy atom. The summed E-state index contributed by atoms with van der Waals surface area (Å²) in [6, 6.07) is 7.64. The van der Waals surface area contributed by atoms with Gasteiger partial charge in [-0.2, -0.15) is 0 Å². The van der Waals surface area contributed by atoms with Gasteiger partial charge >= 0.3 is 5.97 Å². The number of carbonyl (C=O) groups is 1. The molecule has 4 nitrogen and oxygen atoms in total. The second kappa shape index (κ2) is 7.90. The van der Waals surface area contributed by atoms with Crippen LogP contribution in [0.1, 0.15) is 45.7 Å². The lowest BCUT2D eigenvalue weighted by atomic mass is 10.0. The number of hydrogen-bond donors (Lipinski definition) is 1. The third-order valence-electron chi connectivity index (χ3n) is 3.24. The van der Waals surface area contributed by atoms with Crippen LogP contribution in [-0.2, 0) is 4.79 Å². The molecule has 0 spiro atoms. The maximum Gasteiger partial charge on any atom is 0.305 e. The SMILES string of the molecule is CCN(CC)C(CC(=O)O)c1cccc(OC(C)C)c1. The molecule has 112 valence electrons. The third kappa shape index (κ3) is 4.85. The van der Waals surface area contributed by atoms with Gasteiger partial charge < -0.3 is 9.84 Å². The number of ether oxygens (including phenoxy) is 1. The molecule has 1 N–H and O–H groups in total. The number of carboxylic acids is 1. The van der Waals surface area contributed by atoms with Gasteiger partial charge in [0.05, 0.1) is 12.5 Å². The molecule has 0 aliphatic rings. The average Bonchev–Trinajstić information content (AvgIpc) is 2.38. The van der Waals surface area contributed by atoms with E-state index in [1.54, 1.807) is 0 Å². The van der Waals surface area contributed by atoms with Gasteiger partial charge in [-0.05, 0) is 44.6 Å². The van der Waals surface area contributed by atoms with Crippen molar-refractivity contribution in [1.29, 1.82) is 0 Å². The van der Waals surface area contributed by atoms with E-state index in [0.717, 1.165) is 24.4 Å². The minimum Gasteiger partial charge on any atom is -0.491 e. The predicted molar refractivity (Wildman–Crippen MR) is 80.1 cm³/mol. The highest BCUT2D eigenvalue weighted by Crippen LogP contribution is 2.27. The molecule has 0 aliphatic heterocycles. The fourth-order valence-electron chi connectivity index (χ4n) is 2.35. The highest BCUT2D eigenvalue weighted by Gasteiger charge is 2.21. The first-order valence-corrected chi connectivity index (χ1v) is 7.20. The first-order valence-electron chi connectivity index (χ1n) is 7.20. The molecular weight excluding hydrogens is 254 g/mol. The first-order chi connectivity index (χ1) is 9.47. The van der Waals surface area contributed by atoms with Crippen molar-refractivity contribution in [1.82, 2.24) is 4.90 Å². The number of benzene rings is 1. The second-order valence-corrected chi connectivity index (χ2v) is 5.07. The minimum atomic E-state index is -0.780. The van der Waals surface area contributed by atoms with Crippen molar-refractivity contribution in [2.24, 2.45) is 0 Å². The summed E-state index contributed by atoms with van der Waals surface area (Å²) in [5.41, 5.74) is 0.995. The summed E-state index contributed by atoms with van der Waals surface area (Å²) in [5.74, 6) is 0.0112. The Hall–Kier alpha value is -1.55. The average molecular weight is 279 g/mol. The van der Waals surface area contributed by atoms with Crippen molar-refractivity contribution >= 4 is 5.97 Å². The van der Waals surface area contributed by atoms with Gasteiger partial charge in [-0.15, -0.1) is 0 Å². The Balaban J connectivity index is 3.03. The van der Waals surface area contributed by atoms with Crippen LogP contribution in [-0.4, -0.2) is 35.2 Å². The van der Waals surface area contributed by atoms with E-state index < -0.39 is 5.97 Å². The van der Waals surface area contributed by atoms with E-state index in [-0.39, 0.29) is 18.6 Å². The molecule has 1 aromatic carbocycles. The number of carboxylic acid groups (broad SMARTS) is 1. The molecule has 0 amide bonds. The summed E-state index contributed by atoms with van der Waals surface area (Å²) in [6.07, 6.45) is 0.212. The quantitative estimate of drug-likeness (QED) is 0.793. The van der Waals surface area contributed by atoms with Crippen molar-refractivity contribution in [3.8, 4) is 5.75 Å². The van der Waals surface area contributed by atoms with Gasteiger partial charge in [0.2, 0.25) is 0 Å². The smallest absolute Gasteiger partial charge is 0.305 e. The molecule has 1 aromatic rings. The molecule has 4 heteroatoms. The van der Waals surface area contributed by atoms with Crippen LogP contribution in [0, 0.1) is 0 Å². The van der Waals surface area contributed by atoms with E-state index in [1.165, 1.54) is 0 Å². The molecule has 0 saturated carbocycles. The Morgan fingerprint density at radius 1 is 1.30 bits per heavy atom. The van der Waals surface area contributed by atoms with Crippen LogP contribution in [0.5, 0.6) is 5.75 Å². The lowest BCUT2D eigenvalue weighted by Gasteiger charge is -2.29. The molecule has 0 aliphatic carbocycles. The van der Waals surface area contributed by atoms with E-state index >= 15 is 0 Å². The summed E-state index contributed by atoms with van der Waals surface area (Å²) < 4.78 is 5.69. The molecule has 1 rings (SSSR count). The maximum atomic E-state index is 11.1. The van der Waals surface area contributed by atoms with Gasteiger partial charge in [-0.3, -0.25) is 9.69 Å². The van der Waals surface area contributed by atoms with Gasteiger partial charge in [-0.25, -0.2) is 0 Å². The van der Waals surface area contributed by atoms with Crippen LogP contribution in [0.2, 0.25) is 0 Å². The van der Waals surface area contributed by atoms with Gasteiger partial charge in [0.15, 0.2) is 0 Å². The zero-order chi connectivity index (χ0) is 15.1. The summed E-state index contributed by atoms with van der Waals surface area (Å²) in [7, 11) is 0. The van der Waals surface area contributed by atoms with E-state index in [2.05, 4.69) is 4.90 Å². The van der Waals surface area contributed by atoms with Gasteiger partial charge in [0, 0.05) is 6.04 Å². The van der Waals surface area contributed by atoms with E-state index in [4.69, 9.17) is 9.84 Å². The van der Waals surface area contributed by atoms with Gasteiger partial charge in [0.25, 0.3) is 0 Å². The molecule has 0 fully saturated rings. The summed E-state index contributed by atoms with van der Waals surface area (Å²) in [4.78, 5) is 13.3. The molecule has 1 unspecified atom stereocenters. The lowest BCUT2D eigenvalue weighted by Crippen LogP contribution is -2.30. The molecule has 0 heterocycles. The lowest BCUT2D eigenvalue weighted by molar-refractivity contribution is -0.138. The van der Waals surface area contributed by atoms with E-state index in [9.17, 15) is 4.79 Å². The van der Waals surface area contributed by atoms with E-state index in [1.807, 2.05) is 52.0 Å². The summed E-state index contributed by atoms with van der Waals surface area (Å²) >= 11 is 0. The zero-order valence-corrected chi connectivity index (χ0v) is 12.8. The van der Waals surface area contributed by atoms with Crippen molar-refractivity contribution in [2.75, 3.05) is 13.1 Å². The fourth-order valence-corrected chi connectivity index (χ4v) is 2.35. The van der Waals surface area contributed by atoms with Crippen LogP contribution in [0.15, 0.2) is 24.3 Å². The van der Waals surface area contributed by atoms with Crippen molar-refractivity contribution < 1.29 is 14.6 Å². The van der Waals surface area contributed by atoms with Crippen LogP contribution in [0.3, 0.4) is 0 Å². The van der Waals surface area contributed by atoms with Crippen molar-refractivity contribution in [3.05, 3.63) is 29.8 Å². The normalized spacial score (nSPS) is 12.7. The third-order valence-corrected chi connectivity index (χ3v) is 3.24. The number of hydrogen-bond acceptors (Lipinski definition) is 3. The largest absolute Gasteiger partial charge is 0.491 e. The second-order valence-electron chi connectivity index (χ2n) is 5.07. The number of rotatable bonds is 8.